The van der Waals surface area contributed by atoms with Crippen LogP contribution < -0.4 is 5.73 Å². The Balaban J connectivity index is 2.57. The lowest BCUT2D eigenvalue weighted by Gasteiger charge is -1.97. The molecule has 2 heterocycles. The average molecular weight is 208 g/mol. The number of aryl methyl sites for hydroxylation is 2. The molecule has 74 valence electrons. The smallest absolute Gasteiger partial charge is 0.210 e. The van der Waals surface area contributed by atoms with E-state index in [9.17, 15) is 0 Å². The molecular weight excluding hydrogens is 196 g/mol. The molecule has 5 heteroatoms. The lowest BCUT2D eigenvalue weighted by molar-refractivity contribution is 0.822. The number of hydrogen-bond acceptors (Lipinski definition) is 4. The molecular formula is C9H12N4S. The third-order valence-electron chi connectivity index (χ3n) is 2.14. The number of nitrogens with zero attached hydrogens (tertiary/aromatic N) is 3. The summed E-state index contributed by atoms with van der Waals surface area (Å²) < 4.78 is 1.79. The Kier molecular flexibility index (Phi) is 2.03. The van der Waals surface area contributed by atoms with Crippen LogP contribution >= 0.6 is 11.3 Å². The summed E-state index contributed by atoms with van der Waals surface area (Å²) in [7, 11) is 0. The molecule has 0 aromatic carbocycles. The lowest BCUT2D eigenvalue weighted by atomic mass is 10.3. The second kappa shape index (κ2) is 3.09. The zero-order valence-corrected chi connectivity index (χ0v) is 9.22. The molecule has 0 fully saturated rings. The van der Waals surface area contributed by atoms with Gasteiger partial charge in [-0.15, -0.1) is 11.3 Å². The van der Waals surface area contributed by atoms with Gasteiger partial charge >= 0.3 is 0 Å². The van der Waals surface area contributed by atoms with Crippen LogP contribution in [0.25, 0.3) is 5.13 Å². The molecule has 0 unspecified atom stereocenters. The number of rotatable bonds is 1. The van der Waals surface area contributed by atoms with Crippen molar-refractivity contribution in [1.29, 1.82) is 0 Å². The largest absolute Gasteiger partial charge is 0.396 e. The van der Waals surface area contributed by atoms with E-state index >= 15 is 0 Å². The molecule has 2 rings (SSSR count). The van der Waals surface area contributed by atoms with Gasteiger partial charge in [0.2, 0.25) is 5.13 Å². The maximum absolute atomic E-state index is 5.84. The van der Waals surface area contributed by atoms with Crippen molar-refractivity contribution in [3.05, 3.63) is 22.5 Å². The highest BCUT2D eigenvalue weighted by molar-refractivity contribution is 7.12. The predicted octanol–water partition coefficient (Wildman–Crippen LogP) is 1.84. The second-order valence-corrected chi connectivity index (χ2v) is 4.10. The van der Waals surface area contributed by atoms with Crippen molar-refractivity contribution in [2.24, 2.45) is 0 Å². The predicted molar refractivity (Wildman–Crippen MR) is 57.9 cm³/mol. The van der Waals surface area contributed by atoms with Gasteiger partial charge < -0.3 is 5.73 Å². The minimum absolute atomic E-state index is 0.748. The zero-order valence-electron chi connectivity index (χ0n) is 8.40. The van der Waals surface area contributed by atoms with E-state index in [1.165, 1.54) is 0 Å². The summed E-state index contributed by atoms with van der Waals surface area (Å²) in [5.74, 6) is 0. The monoisotopic (exact) mass is 208 g/mol. The van der Waals surface area contributed by atoms with Crippen LogP contribution in [0.5, 0.6) is 0 Å². The van der Waals surface area contributed by atoms with Gasteiger partial charge in [-0.3, -0.25) is 0 Å². The summed E-state index contributed by atoms with van der Waals surface area (Å²) >= 11 is 1.57. The first-order chi connectivity index (χ1) is 6.59. The first kappa shape index (κ1) is 9.21. The number of anilines is 1. The minimum atomic E-state index is 0.748. The van der Waals surface area contributed by atoms with E-state index in [-0.39, 0.29) is 0 Å². The fourth-order valence-electron chi connectivity index (χ4n) is 1.28. The second-order valence-electron chi connectivity index (χ2n) is 3.27. The van der Waals surface area contributed by atoms with Crippen LogP contribution in [0.4, 0.5) is 5.69 Å². The number of aromatic nitrogens is 3. The highest BCUT2D eigenvalue weighted by atomic mass is 32.1. The number of nitrogen functional groups attached to an aromatic ring is 1. The maximum Gasteiger partial charge on any atom is 0.210 e. The molecule has 0 amide bonds. The highest BCUT2D eigenvalue weighted by Gasteiger charge is 2.11. The molecule has 0 saturated heterocycles. The van der Waals surface area contributed by atoms with Crippen LogP contribution in [0.2, 0.25) is 0 Å². The zero-order chi connectivity index (χ0) is 10.3. The van der Waals surface area contributed by atoms with Gasteiger partial charge in [-0.25, -0.2) is 9.67 Å². The lowest BCUT2D eigenvalue weighted by Crippen LogP contribution is -1.98. The Morgan fingerprint density at radius 3 is 2.50 bits per heavy atom. The molecule has 0 bridgehead atoms. The fourth-order valence-corrected chi connectivity index (χ4v) is 2.08. The Labute approximate surface area is 86.4 Å². The van der Waals surface area contributed by atoms with Crippen LogP contribution in [-0.2, 0) is 0 Å². The van der Waals surface area contributed by atoms with E-state index < -0.39 is 0 Å². The Morgan fingerprint density at radius 2 is 2.07 bits per heavy atom. The van der Waals surface area contributed by atoms with Gasteiger partial charge in [0.15, 0.2) is 0 Å². The highest BCUT2D eigenvalue weighted by Crippen LogP contribution is 2.21. The van der Waals surface area contributed by atoms with Gasteiger partial charge in [-0.2, -0.15) is 5.10 Å². The Hall–Kier alpha value is -1.36. The summed E-state index contributed by atoms with van der Waals surface area (Å²) in [6.45, 7) is 5.82. The van der Waals surface area contributed by atoms with E-state index in [1.54, 1.807) is 16.0 Å². The van der Waals surface area contributed by atoms with Gasteiger partial charge in [0.25, 0.3) is 0 Å². The molecule has 0 saturated carbocycles. The fraction of sp³-hybridized carbons (Fsp3) is 0.333. The van der Waals surface area contributed by atoms with E-state index in [4.69, 9.17) is 5.73 Å². The molecule has 2 N–H and O–H groups in total. The Bertz CT molecular complexity index is 469. The van der Waals surface area contributed by atoms with Crippen LogP contribution in [0.3, 0.4) is 0 Å². The van der Waals surface area contributed by atoms with Crippen molar-refractivity contribution >= 4 is 17.0 Å². The van der Waals surface area contributed by atoms with Gasteiger partial charge in [-0.1, -0.05) is 0 Å². The number of thiazole rings is 1. The van der Waals surface area contributed by atoms with Gasteiger partial charge in [0.05, 0.1) is 22.8 Å². The van der Waals surface area contributed by atoms with Crippen molar-refractivity contribution in [2.75, 3.05) is 5.73 Å². The summed E-state index contributed by atoms with van der Waals surface area (Å²) in [6, 6.07) is 0. The summed E-state index contributed by atoms with van der Waals surface area (Å²) in [6.07, 6.45) is 0. The average Bonchev–Trinajstić information content (AvgIpc) is 2.66. The minimum Gasteiger partial charge on any atom is -0.396 e. The quantitative estimate of drug-likeness (QED) is 0.778. The SMILES string of the molecule is Cc1csc(-n2nc(C)c(N)c2C)n1. The molecule has 0 aliphatic heterocycles. The summed E-state index contributed by atoms with van der Waals surface area (Å²) in [4.78, 5) is 4.36. The molecule has 0 radical (unpaired) electrons. The molecule has 2 aromatic rings. The Morgan fingerprint density at radius 1 is 1.36 bits per heavy atom. The third kappa shape index (κ3) is 1.29. The van der Waals surface area contributed by atoms with Crippen LogP contribution in [0.1, 0.15) is 17.1 Å². The molecule has 4 nitrogen and oxygen atoms in total. The van der Waals surface area contributed by atoms with Crippen molar-refractivity contribution in [1.82, 2.24) is 14.8 Å². The topological polar surface area (TPSA) is 56.7 Å². The molecule has 0 aliphatic rings. The molecule has 0 aliphatic carbocycles. The molecule has 2 aromatic heterocycles. The van der Waals surface area contributed by atoms with Crippen LogP contribution in [-0.4, -0.2) is 14.8 Å². The maximum atomic E-state index is 5.84. The van der Waals surface area contributed by atoms with Crippen LogP contribution in [0.15, 0.2) is 5.38 Å². The van der Waals surface area contributed by atoms with Gasteiger partial charge in [0, 0.05) is 5.38 Å². The summed E-state index contributed by atoms with van der Waals surface area (Å²) in [5.41, 5.74) is 9.41. The first-order valence-electron chi connectivity index (χ1n) is 4.34. The molecule has 14 heavy (non-hydrogen) atoms. The van der Waals surface area contributed by atoms with Crippen molar-refractivity contribution in [3.8, 4) is 5.13 Å². The normalized spacial score (nSPS) is 10.8. The first-order valence-corrected chi connectivity index (χ1v) is 5.21. The van der Waals surface area contributed by atoms with Crippen LogP contribution in [0, 0.1) is 20.8 Å². The van der Waals surface area contributed by atoms with Crippen molar-refractivity contribution < 1.29 is 0 Å². The molecule has 0 spiro atoms. The van der Waals surface area contributed by atoms with E-state index in [0.29, 0.717) is 0 Å². The van der Waals surface area contributed by atoms with Gasteiger partial charge in [0.1, 0.15) is 0 Å². The third-order valence-corrected chi connectivity index (χ3v) is 3.07. The van der Waals surface area contributed by atoms with E-state index in [1.807, 2.05) is 26.2 Å². The van der Waals surface area contributed by atoms with E-state index in [2.05, 4.69) is 10.1 Å². The number of hydrogen-bond donors (Lipinski definition) is 1. The molecule has 0 atom stereocenters. The van der Waals surface area contributed by atoms with Crippen molar-refractivity contribution in [3.63, 3.8) is 0 Å². The summed E-state index contributed by atoms with van der Waals surface area (Å²) in [5, 5.41) is 7.21. The number of nitrogens with two attached hydrogens (primary N) is 1. The van der Waals surface area contributed by atoms with Gasteiger partial charge in [-0.05, 0) is 20.8 Å². The standard InChI is InChI=1S/C9H12N4S/c1-5-4-14-9(11-5)13-7(3)8(10)6(2)12-13/h4H,10H2,1-3H3. The van der Waals surface area contributed by atoms with Crippen molar-refractivity contribution in [2.45, 2.75) is 20.8 Å². The van der Waals surface area contributed by atoms with E-state index in [0.717, 1.165) is 27.9 Å².